The molecule has 0 unspecified atom stereocenters. The van der Waals surface area contributed by atoms with Crippen molar-refractivity contribution in [3.63, 3.8) is 0 Å². The van der Waals surface area contributed by atoms with Crippen LogP contribution in [-0.2, 0) is 4.79 Å². The molecule has 0 aliphatic heterocycles. The second kappa shape index (κ2) is 8.44. The predicted octanol–water partition coefficient (Wildman–Crippen LogP) is 8.77. The van der Waals surface area contributed by atoms with Crippen LogP contribution in [0.3, 0.4) is 0 Å². The fraction of sp³-hybridized carbons (Fsp3) is 0.963. The molecule has 3 heteroatoms. The van der Waals surface area contributed by atoms with Gasteiger partial charge in [-0.25, -0.2) is 0 Å². The van der Waals surface area contributed by atoms with Crippen molar-refractivity contribution in [1.82, 2.24) is 0 Å². The Bertz CT molecular complexity index is 657. The average Bonchev–Trinajstić information content (AvgIpc) is 2.99. The van der Waals surface area contributed by atoms with Gasteiger partial charge in [0.25, 0.3) is 0 Å². The summed E-state index contributed by atoms with van der Waals surface area (Å²) in [5, 5.41) is 0. The summed E-state index contributed by atoms with van der Waals surface area (Å²) in [6.07, 6.45) is 14.4. The van der Waals surface area contributed by atoms with E-state index in [1.165, 1.54) is 57.8 Å². The summed E-state index contributed by atoms with van der Waals surface area (Å²) in [5.41, 5.74) is 0.873. The van der Waals surface area contributed by atoms with Crippen LogP contribution in [-0.4, -0.2) is 9.02 Å². The Labute approximate surface area is 202 Å². The Morgan fingerprint density at radius 3 is 2.33 bits per heavy atom. The van der Waals surface area contributed by atoms with Crippen LogP contribution in [0.25, 0.3) is 0 Å². The number of hydrogen-bond acceptors (Lipinski definition) is 1. The second-order valence-corrected chi connectivity index (χ2v) is 16.5. The Balaban J connectivity index is 1.50. The predicted molar refractivity (Wildman–Crippen MR) is 134 cm³/mol. The van der Waals surface area contributed by atoms with Crippen LogP contribution in [0.2, 0.25) is 0 Å². The van der Waals surface area contributed by atoms with Gasteiger partial charge in [-0.2, -0.15) is 0 Å². The van der Waals surface area contributed by atoms with E-state index in [1.807, 2.05) is 0 Å². The van der Waals surface area contributed by atoms with Gasteiger partial charge in [0.15, 0.2) is 5.78 Å². The fourth-order valence-corrected chi connectivity index (χ4v) is 10.7. The lowest BCUT2D eigenvalue weighted by molar-refractivity contribution is -0.140. The van der Waals surface area contributed by atoms with E-state index in [0.717, 1.165) is 48.3 Å². The quantitative estimate of drug-likeness (QED) is 0.316. The molecule has 0 aromatic carbocycles. The molecule has 4 saturated carbocycles. The van der Waals surface area contributed by atoms with Gasteiger partial charge in [0.05, 0.1) is 0 Å². The van der Waals surface area contributed by atoms with E-state index in [4.69, 9.17) is 0 Å². The Morgan fingerprint density at radius 2 is 1.63 bits per heavy atom. The smallest absolute Gasteiger partial charge is 0.160 e. The molecule has 4 rings (SSSR count). The van der Waals surface area contributed by atoms with E-state index in [9.17, 15) is 4.79 Å². The van der Waals surface area contributed by atoms with Gasteiger partial charge in [0, 0.05) is 6.42 Å². The summed E-state index contributed by atoms with van der Waals surface area (Å²) < 4.78 is -0.475. The first-order valence-electron chi connectivity index (χ1n) is 12.9. The lowest BCUT2D eigenvalue weighted by atomic mass is 9.44. The second-order valence-electron chi connectivity index (χ2n) is 12.7. The number of carbonyl (C=O) groups excluding carboxylic acids is 1. The Morgan fingerprint density at radius 1 is 0.933 bits per heavy atom. The highest BCUT2D eigenvalue weighted by Crippen LogP contribution is 2.69. The molecular weight excluding hydrogens is 500 g/mol. The number of hydrogen-bond donors (Lipinski definition) is 0. The van der Waals surface area contributed by atoms with Crippen LogP contribution in [0, 0.1) is 52.3 Å². The van der Waals surface area contributed by atoms with Gasteiger partial charge < -0.3 is 0 Å². The van der Waals surface area contributed by atoms with Gasteiger partial charge in [-0.15, -0.1) is 0 Å². The molecule has 0 radical (unpaired) electrons. The maximum absolute atomic E-state index is 12.7. The van der Waals surface area contributed by atoms with Gasteiger partial charge in [-0.3, -0.25) is 4.79 Å². The number of halogens is 2. The van der Waals surface area contributed by atoms with Crippen molar-refractivity contribution in [3.05, 3.63) is 0 Å². The van der Waals surface area contributed by atoms with Crippen molar-refractivity contribution in [1.29, 1.82) is 0 Å². The van der Waals surface area contributed by atoms with Gasteiger partial charge in [-0.05, 0) is 97.2 Å². The van der Waals surface area contributed by atoms with E-state index in [-0.39, 0.29) is 0 Å². The van der Waals surface area contributed by atoms with Gasteiger partial charge in [0.1, 0.15) is 3.23 Å². The zero-order chi connectivity index (χ0) is 21.9. The van der Waals surface area contributed by atoms with E-state index in [0.29, 0.717) is 22.5 Å². The number of carbonyl (C=O) groups is 1. The highest BCUT2D eigenvalue weighted by molar-refractivity contribution is 9.25. The van der Waals surface area contributed by atoms with Crippen molar-refractivity contribution in [2.75, 3.05) is 0 Å². The molecule has 172 valence electrons. The summed E-state index contributed by atoms with van der Waals surface area (Å²) in [4.78, 5) is 12.7. The van der Waals surface area contributed by atoms with E-state index >= 15 is 0 Å². The number of rotatable bonds is 5. The summed E-state index contributed by atoms with van der Waals surface area (Å²) in [5.74, 6) is 6.26. The fourth-order valence-electron chi connectivity index (χ4n) is 9.12. The van der Waals surface area contributed by atoms with Crippen LogP contribution in [0.5, 0.6) is 0 Å². The Kier molecular flexibility index (Phi) is 6.69. The molecule has 0 N–H and O–H groups in total. The van der Waals surface area contributed by atoms with E-state index in [2.05, 4.69) is 66.5 Å². The molecule has 30 heavy (non-hydrogen) atoms. The van der Waals surface area contributed by atoms with Crippen LogP contribution in [0.15, 0.2) is 0 Å². The monoisotopic (exact) mass is 542 g/mol. The van der Waals surface area contributed by atoms with Crippen molar-refractivity contribution < 1.29 is 4.79 Å². The van der Waals surface area contributed by atoms with Crippen LogP contribution in [0.4, 0.5) is 0 Å². The minimum atomic E-state index is -0.475. The molecule has 1 nitrogen and oxygen atoms in total. The Hall–Kier alpha value is 0.630. The largest absolute Gasteiger partial charge is 0.297 e. The van der Waals surface area contributed by atoms with Gasteiger partial charge in [-0.1, -0.05) is 85.7 Å². The standard InChI is InChI=1S/C27H44Br2O/c1-17(2)7-6-8-18(3)21-11-12-22-20-10-9-19-15-24(30)27(28,29)16-26(19,5)23(20)13-14-25(21,22)4/h17-23H,6-16H2,1-5H3/t18-,19+,20+,21-,22+,23+,25-,26+/m1/s1. The molecule has 4 fully saturated rings. The molecule has 0 spiro atoms. The normalized spacial score (nSPS) is 46.3. The van der Waals surface area contributed by atoms with E-state index in [1.54, 1.807) is 0 Å². The van der Waals surface area contributed by atoms with Gasteiger partial charge in [0.2, 0.25) is 0 Å². The zero-order valence-electron chi connectivity index (χ0n) is 20.0. The minimum absolute atomic E-state index is 0.312. The summed E-state index contributed by atoms with van der Waals surface area (Å²) in [6.45, 7) is 12.5. The first-order valence-corrected chi connectivity index (χ1v) is 14.5. The topological polar surface area (TPSA) is 17.1 Å². The first kappa shape index (κ1) is 23.8. The maximum Gasteiger partial charge on any atom is 0.160 e. The zero-order valence-corrected chi connectivity index (χ0v) is 23.2. The van der Waals surface area contributed by atoms with Gasteiger partial charge >= 0.3 is 0 Å². The van der Waals surface area contributed by atoms with Crippen LogP contribution < -0.4 is 0 Å². The molecule has 8 atom stereocenters. The lowest BCUT2D eigenvalue weighted by Gasteiger charge is -2.61. The van der Waals surface area contributed by atoms with Crippen molar-refractivity contribution >= 4 is 37.6 Å². The van der Waals surface area contributed by atoms with Crippen molar-refractivity contribution in [3.8, 4) is 0 Å². The van der Waals surface area contributed by atoms with Crippen molar-refractivity contribution in [2.24, 2.45) is 52.3 Å². The summed E-state index contributed by atoms with van der Waals surface area (Å²) in [6, 6.07) is 0. The number of Topliss-reactive ketones (excluding diaryl/α,β-unsaturated/α-hetero) is 1. The van der Waals surface area contributed by atoms with Crippen molar-refractivity contribution in [2.45, 2.75) is 108 Å². The molecule has 0 heterocycles. The lowest BCUT2D eigenvalue weighted by Crippen LogP contribution is -2.57. The highest BCUT2D eigenvalue weighted by atomic mass is 79.9. The number of alkyl halides is 2. The molecule has 0 bridgehead atoms. The average molecular weight is 544 g/mol. The maximum atomic E-state index is 12.7. The number of ketones is 1. The third-order valence-electron chi connectivity index (χ3n) is 10.7. The first-order chi connectivity index (χ1) is 14.0. The molecule has 0 aromatic rings. The minimum Gasteiger partial charge on any atom is -0.297 e. The third-order valence-corrected chi connectivity index (χ3v) is 12.2. The third kappa shape index (κ3) is 3.92. The van der Waals surface area contributed by atoms with E-state index < -0.39 is 3.23 Å². The van der Waals surface area contributed by atoms with Crippen LogP contribution >= 0.6 is 31.9 Å². The van der Waals surface area contributed by atoms with Crippen LogP contribution in [0.1, 0.15) is 105 Å². The SMILES string of the molecule is CC(C)CCC[C@@H](C)[C@H]1CC[C@H]2[C@@H]3CC[C@H]4CC(=O)C(Br)(Br)C[C@]4(C)[C@H]3CC[C@]12C. The highest BCUT2D eigenvalue weighted by Gasteiger charge is 2.63. The molecule has 4 aliphatic carbocycles. The molecular formula is C27H44Br2O. The summed E-state index contributed by atoms with van der Waals surface area (Å²) >= 11 is 7.54. The summed E-state index contributed by atoms with van der Waals surface area (Å²) in [7, 11) is 0. The molecule has 0 saturated heterocycles. The molecule has 4 aliphatic rings. The molecule has 0 amide bonds. The molecule has 0 aromatic heterocycles. The number of fused-ring (bicyclic) bond motifs is 5.